The molecule has 5 nitrogen and oxygen atoms in total. The van der Waals surface area contributed by atoms with Gasteiger partial charge < -0.3 is 14.6 Å². The van der Waals surface area contributed by atoms with Crippen molar-refractivity contribution in [2.75, 3.05) is 5.32 Å². The number of nitrogens with zero attached hydrogens (tertiary/aromatic N) is 2. The zero-order valence-electron chi connectivity index (χ0n) is 19.5. The molecule has 178 valence electrons. The number of benzene rings is 3. The van der Waals surface area contributed by atoms with Gasteiger partial charge >= 0.3 is 0 Å². The summed E-state index contributed by atoms with van der Waals surface area (Å²) in [7, 11) is 0. The predicted molar refractivity (Wildman–Crippen MR) is 138 cm³/mol. The van der Waals surface area contributed by atoms with Gasteiger partial charge in [-0.15, -0.1) is 0 Å². The molecule has 6 heteroatoms. The lowest BCUT2D eigenvalue weighted by Crippen LogP contribution is -2.14. The molecule has 1 amide bonds. The van der Waals surface area contributed by atoms with Gasteiger partial charge in [0.2, 0.25) is 5.91 Å². The van der Waals surface area contributed by atoms with E-state index in [1.165, 1.54) is 6.07 Å². The molecule has 3 aromatic carbocycles. The molecule has 1 aliphatic heterocycles. The second-order valence-electron chi connectivity index (χ2n) is 8.99. The number of carbonyl (C=O) groups is 1. The third-order valence-electron chi connectivity index (χ3n) is 6.61. The number of halogens is 1. The van der Waals surface area contributed by atoms with Crippen LogP contribution in [0.15, 0.2) is 97.3 Å². The fourth-order valence-electron chi connectivity index (χ4n) is 5.03. The van der Waals surface area contributed by atoms with E-state index < -0.39 is 0 Å². The average molecular weight is 478 g/mol. The summed E-state index contributed by atoms with van der Waals surface area (Å²) in [6.07, 6.45) is 4.13. The van der Waals surface area contributed by atoms with E-state index in [4.69, 9.17) is 4.74 Å². The van der Waals surface area contributed by atoms with Crippen LogP contribution in [-0.2, 0) is 17.9 Å². The molecule has 36 heavy (non-hydrogen) atoms. The number of carbonyl (C=O) groups excluding carboxylic acids is 1. The van der Waals surface area contributed by atoms with Gasteiger partial charge in [0.1, 0.15) is 18.2 Å². The van der Waals surface area contributed by atoms with Gasteiger partial charge in [-0.3, -0.25) is 9.78 Å². The van der Waals surface area contributed by atoms with Crippen LogP contribution < -0.4 is 10.1 Å². The van der Waals surface area contributed by atoms with E-state index in [-0.39, 0.29) is 24.1 Å². The van der Waals surface area contributed by atoms with Crippen LogP contribution in [0.4, 0.5) is 10.1 Å². The Morgan fingerprint density at radius 3 is 2.69 bits per heavy atom. The van der Waals surface area contributed by atoms with E-state index in [1.807, 2.05) is 66.7 Å². The predicted octanol–water partition coefficient (Wildman–Crippen LogP) is 6.28. The van der Waals surface area contributed by atoms with Crippen LogP contribution >= 0.6 is 0 Å². The molecule has 0 radical (unpaired) electrons. The Bertz CT molecular complexity index is 1560. The standard InChI is InChI=1S/C30H24FN3O2/c31-21-8-5-7-20(15-21)17-34-18-25-24(16-29(35)33-26-11-6-12-27(34)30(25)26)23-10-1-2-13-28(23)36-19-22-9-3-4-14-32-22/h1-15,18,24H,16-17,19H2,(H,33,35). The molecule has 1 atom stereocenters. The van der Waals surface area contributed by atoms with E-state index in [0.29, 0.717) is 13.2 Å². The summed E-state index contributed by atoms with van der Waals surface area (Å²) in [5, 5.41) is 4.09. The minimum Gasteiger partial charge on any atom is -0.487 e. The molecule has 1 N–H and O–H groups in total. The lowest BCUT2D eigenvalue weighted by Gasteiger charge is -2.19. The summed E-state index contributed by atoms with van der Waals surface area (Å²) in [5.74, 6) is 0.228. The second kappa shape index (κ2) is 9.30. The van der Waals surface area contributed by atoms with Crippen molar-refractivity contribution in [2.24, 2.45) is 0 Å². The van der Waals surface area contributed by atoms with E-state index in [2.05, 4.69) is 21.1 Å². The summed E-state index contributed by atoms with van der Waals surface area (Å²) in [5.41, 5.74) is 5.49. The SMILES string of the molecule is O=C1CC(c2ccccc2OCc2ccccn2)c2cn(Cc3cccc(F)c3)c3cccc(c23)N1. The normalized spacial score (nSPS) is 14.9. The summed E-state index contributed by atoms with van der Waals surface area (Å²) >= 11 is 0. The monoisotopic (exact) mass is 477 g/mol. The average Bonchev–Trinajstić information content (AvgIpc) is 3.18. The first-order chi connectivity index (χ1) is 17.7. The van der Waals surface area contributed by atoms with Gasteiger partial charge in [0, 0.05) is 42.2 Å². The van der Waals surface area contributed by atoms with Crippen LogP contribution in [0.1, 0.15) is 34.7 Å². The molecule has 0 spiro atoms. The zero-order valence-corrected chi connectivity index (χ0v) is 19.5. The molecule has 0 aliphatic carbocycles. The van der Waals surface area contributed by atoms with Crippen LogP contribution in [0.5, 0.6) is 5.75 Å². The second-order valence-corrected chi connectivity index (χ2v) is 8.99. The quantitative estimate of drug-likeness (QED) is 0.313. The Hall–Kier alpha value is -4.45. The minimum absolute atomic E-state index is 0.0418. The molecule has 2 aromatic heterocycles. The highest BCUT2D eigenvalue weighted by Crippen LogP contribution is 2.43. The van der Waals surface area contributed by atoms with Gasteiger partial charge in [0.05, 0.1) is 16.9 Å². The Morgan fingerprint density at radius 1 is 0.972 bits per heavy atom. The lowest BCUT2D eigenvalue weighted by molar-refractivity contribution is -0.116. The van der Waals surface area contributed by atoms with Crippen molar-refractivity contribution >= 4 is 22.5 Å². The van der Waals surface area contributed by atoms with E-state index in [1.54, 1.807) is 18.3 Å². The highest BCUT2D eigenvalue weighted by molar-refractivity contribution is 6.06. The third kappa shape index (κ3) is 4.22. The van der Waals surface area contributed by atoms with Gasteiger partial charge in [-0.1, -0.05) is 42.5 Å². The maximum Gasteiger partial charge on any atom is 0.225 e. The van der Waals surface area contributed by atoms with Crippen molar-refractivity contribution in [3.8, 4) is 5.75 Å². The van der Waals surface area contributed by atoms with E-state index >= 15 is 0 Å². The summed E-state index contributed by atoms with van der Waals surface area (Å²) in [6.45, 7) is 0.861. The summed E-state index contributed by atoms with van der Waals surface area (Å²) in [4.78, 5) is 17.3. The van der Waals surface area contributed by atoms with E-state index in [0.717, 1.165) is 44.7 Å². The number of pyridine rings is 1. The van der Waals surface area contributed by atoms with Crippen molar-refractivity contribution < 1.29 is 13.9 Å². The number of hydrogen-bond donors (Lipinski definition) is 1. The molecule has 3 heterocycles. The topological polar surface area (TPSA) is 56.1 Å². The molecule has 0 bridgehead atoms. The largest absolute Gasteiger partial charge is 0.487 e. The molecule has 5 aromatic rings. The highest BCUT2D eigenvalue weighted by Gasteiger charge is 2.29. The zero-order chi connectivity index (χ0) is 24.5. The maximum absolute atomic E-state index is 13.9. The van der Waals surface area contributed by atoms with Crippen molar-refractivity contribution in [1.29, 1.82) is 0 Å². The molecule has 6 rings (SSSR count). The van der Waals surface area contributed by atoms with Crippen LogP contribution in [0, 0.1) is 5.82 Å². The Labute approximate surface area is 208 Å². The lowest BCUT2D eigenvalue weighted by atomic mass is 9.88. The maximum atomic E-state index is 13.9. The Morgan fingerprint density at radius 2 is 1.83 bits per heavy atom. The first-order valence-corrected chi connectivity index (χ1v) is 11.9. The van der Waals surface area contributed by atoms with Crippen molar-refractivity contribution in [3.63, 3.8) is 0 Å². The minimum atomic E-state index is -0.255. The Balaban J connectivity index is 1.44. The van der Waals surface area contributed by atoms with Gasteiger partial charge in [0.15, 0.2) is 0 Å². The number of nitrogens with one attached hydrogen (secondary N) is 1. The Kier molecular flexibility index (Phi) is 5.70. The number of para-hydroxylation sites is 1. The molecular weight excluding hydrogens is 453 g/mol. The smallest absolute Gasteiger partial charge is 0.225 e. The number of ether oxygens (including phenoxy) is 1. The summed E-state index contributed by atoms with van der Waals surface area (Å²) < 4.78 is 22.2. The van der Waals surface area contributed by atoms with Crippen molar-refractivity contribution in [2.45, 2.75) is 25.5 Å². The number of hydrogen-bond acceptors (Lipinski definition) is 3. The van der Waals surface area contributed by atoms with Crippen molar-refractivity contribution in [1.82, 2.24) is 9.55 Å². The van der Waals surface area contributed by atoms with Gasteiger partial charge in [-0.2, -0.15) is 0 Å². The van der Waals surface area contributed by atoms with Gasteiger partial charge in [-0.05, 0) is 53.6 Å². The number of aromatic nitrogens is 2. The van der Waals surface area contributed by atoms with Gasteiger partial charge in [-0.25, -0.2) is 4.39 Å². The van der Waals surface area contributed by atoms with Crippen LogP contribution in [-0.4, -0.2) is 15.5 Å². The first kappa shape index (κ1) is 22.0. The number of rotatable bonds is 6. The highest BCUT2D eigenvalue weighted by atomic mass is 19.1. The van der Waals surface area contributed by atoms with Crippen LogP contribution in [0.3, 0.4) is 0 Å². The fraction of sp³-hybridized carbons (Fsp3) is 0.133. The molecule has 0 saturated heterocycles. The molecule has 1 aliphatic rings. The molecule has 1 unspecified atom stereocenters. The van der Waals surface area contributed by atoms with Crippen LogP contribution in [0.2, 0.25) is 0 Å². The van der Waals surface area contributed by atoms with Gasteiger partial charge in [0.25, 0.3) is 0 Å². The number of amides is 1. The first-order valence-electron chi connectivity index (χ1n) is 11.9. The summed E-state index contributed by atoms with van der Waals surface area (Å²) in [6, 6.07) is 26.2. The fourth-order valence-corrected chi connectivity index (χ4v) is 5.03. The molecule has 0 fully saturated rings. The molecular formula is C30H24FN3O2. The van der Waals surface area contributed by atoms with E-state index in [9.17, 15) is 9.18 Å². The van der Waals surface area contributed by atoms with Crippen LogP contribution in [0.25, 0.3) is 10.9 Å². The number of anilines is 1. The van der Waals surface area contributed by atoms with Crippen molar-refractivity contribution in [3.05, 3.63) is 126 Å². The molecule has 0 saturated carbocycles. The third-order valence-corrected chi connectivity index (χ3v) is 6.61.